The van der Waals surface area contributed by atoms with Crippen molar-refractivity contribution in [2.75, 3.05) is 6.54 Å². The number of carbonyl (C=O) groups excluding carboxylic acids is 1. The van der Waals surface area contributed by atoms with Crippen molar-refractivity contribution in [3.8, 4) is 10.4 Å². The lowest BCUT2D eigenvalue weighted by molar-refractivity contribution is -0.137. The third-order valence-corrected chi connectivity index (χ3v) is 7.60. The number of fused-ring (bicyclic) bond motifs is 2. The Morgan fingerprint density at radius 2 is 1.77 bits per heavy atom. The van der Waals surface area contributed by atoms with Gasteiger partial charge in [0, 0.05) is 39.7 Å². The molecule has 0 aliphatic heterocycles. The molecule has 3 aromatic carbocycles. The number of carbonyl (C=O) groups is 2. The number of amides is 1. The van der Waals surface area contributed by atoms with Crippen LogP contribution in [0.25, 0.3) is 31.4 Å². The van der Waals surface area contributed by atoms with Gasteiger partial charge in [-0.05, 0) is 59.3 Å². The average Bonchev–Trinajstić information content (AvgIpc) is 3.52. The van der Waals surface area contributed by atoms with Gasteiger partial charge in [-0.15, -0.1) is 11.3 Å². The molecule has 0 spiro atoms. The minimum Gasteiger partial charge on any atom is -0.481 e. The Kier molecular flexibility index (Phi) is 7.38. The highest BCUT2D eigenvalue weighted by Crippen LogP contribution is 2.36. The summed E-state index contributed by atoms with van der Waals surface area (Å²) in [5, 5.41) is 17.8. The molecular formula is C29H24F3N3O3S. The number of nitrogens with zero attached hydrogens (tertiary/aromatic N) is 2. The number of carboxylic acid groups (broad SMARTS) is 1. The number of nitrogens with one attached hydrogen (secondary N) is 1. The zero-order valence-corrected chi connectivity index (χ0v) is 21.4. The number of hydrogen-bond acceptors (Lipinski definition) is 4. The maximum absolute atomic E-state index is 13.2. The molecule has 0 saturated carbocycles. The smallest absolute Gasteiger partial charge is 0.389 e. The number of alkyl halides is 3. The highest BCUT2D eigenvalue weighted by Gasteiger charge is 2.30. The van der Waals surface area contributed by atoms with Crippen molar-refractivity contribution in [2.24, 2.45) is 0 Å². The monoisotopic (exact) mass is 551 g/mol. The Hall–Kier alpha value is -4.18. The van der Waals surface area contributed by atoms with Crippen LogP contribution in [-0.2, 0) is 4.79 Å². The van der Waals surface area contributed by atoms with E-state index in [1.807, 2.05) is 30.3 Å². The molecule has 0 saturated heterocycles. The molecule has 1 atom stereocenters. The van der Waals surface area contributed by atoms with Gasteiger partial charge >= 0.3 is 12.1 Å². The number of aliphatic carboxylic acids is 1. The van der Waals surface area contributed by atoms with Crippen LogP contribution >= 0.6 is 11.3 Å². The summed E-state index contributed by atoms with van der Waals surface area (Å²) >= 11 is 1.68. The Bertz CT molecular complexity index is 1610. The van der Waals surface area contributed by atoms with Crippen LogP contribution in [0.3, 0.4) is 0 Å². The van der Waals surface area contributed by atoms with E-state index < -0.39 is 30.5 Å². The van der Waals surface area contributed by atoms with Gasteiger partial charge in [-0.1, -0.05) is 36.4 Å². The van der Waals surface area contributed by atoms with Crippen molar-refractivity contribution in [2.45, 2.75) is 31.5 Å². The summed E-state index contributed by atoms with van der Waals surface area (Å²) in [6.45, 7) is -0.0203. The minimum atomic E-state index is -4.33. The first-order valence-corrected chi connectivity index (χ1v) is 13.1. The second-order valence-corrected chi connectivity index (χ2v) is 10.3. The predicted octanol–water partition coefficient (Wildman–Crippen LogP) is 7.05. The molecule has 1 unspecified atom stereocenters. The minimum absolute atomic E-state index is 0.0203. The summed E-state index contributed by atoms with van der Waals surface area (Å²) in [6, 6.07) is 21.6. The van der Waals surface area contributed by atoms with Crippen LogP contribution in [0.4, 0.5) is 13.2 Å². The van der Waals surface area contributed by atoms with E-state index in [9.17, 15) is 22.8 Å². The molecule has 0 fully saturated rings. The van der Waals surface area contributed by atoms with Crippen LogP contribution < -0.4 is 5.32 Å². The molecule has 6 nitrogen and oxygen atoms in total. The van der Waals surface area contributed by atoms with Crippen LogP contribution in [0, 0.1) is 0 Å². The third-order valence-electron chi connectivity index (χ3n) is 6.43. The van der Waals surface area contributed by atoms with E-state index >= 15 is 0 Å². The van der Waals surface area contributed by atoms with Gasteiger partial charge < -0.3 is 10.4 Å². The zero-order valence-electron chi connectivity index (χ0n) is 20.6. The summed E-state index contributed by atoms with van der Waals surface area (Å²) in [7, 11) is 0. The highest BCUT2D eigenvalue weighted by atomic mass is 32.1. The summed E-state index contributed by atoms with van der Waals surface area (Å²) < 4.78 is 42.3. The van der Waals surface area contributed by atoms with Crippen LogP contribution in [0.1, 0.15) is 41.2 Å². The number of thiophene rings is 1. The fraction of sp³-hybridized carbons (Fsp3) is 0.207. The average molecular weight is 552 g/mol. The molecule has 2 aromatic heterocycles. The SMILES string of the molecule is O=C(O)CCNC(=O)c1ccc(C(CCC(F)(F)F)n2cc3cc(-c4cc5ccccc5s4)ccc3n2)cc1. The fourth-order valence-electron chi connectivity index (χ4n) is 4.48. The number of benzene rings is 3. The molecular weight excluding hydrogens is 527 g/mol. The molecule has 2 heterocycles. The van der Waals surface area contributed by atoms with Crippen LogP contribution in [0.5, 0.6) is 0 Å². The molecule has 1 amide bonds. The van der Waals surface area contributed by atoms with Crippen LogP contribution in [0.2, 0.25) is 0 Å². The van der Waals surface area contributed by atoms with E-state index in [0.29, 0.717) is 11.1 Å². The van der Waals surface area contributed by atoms with E-state index in [4.69, 9.17) is 5.11 Å². The summed E-state index contributed by atoms with van der Waals surface area (Å²) in [5.41, 5.74) is 2.55. The van der Waals surface area contributed by atoms with E-state index in [1.165, 1.54) is 16.8 Å². The van der Waals surface area contributed by atoms with Crippen LogP contribution in [-0.4, -0.2) is 39.5 Å². The summed E-state index contributed by atoms with van der Waals surface area (Å²) in [6.07, 6.45) is -3.98. The first-order valence-electron chi connectivity index (χ1n) is 12.3. The lowest BCUT2D eigenvalue weighted by atomic mass is 10.00. The van der Waals surface area contributed by atoms with Gasteiger partial charge in [-0.25, -0.2) is 0 Å². The van der Waals surface area contributed by atoms with Crippen molar-refractivity contribution in [1.29, 1.82) is 0 Å². The van der Waals surface area contributed by atoms with Crippen molar-refractivity contribution in [3.05, 3.63) is 90.1 Å². The Balaban J connectivity index is 1.43. The Morgan fingerprint density at radius 3 is 2.49 bits per heavy atom. The van der Waals surface area contributed by atoms with Crippen molar-refractivity contribution in [1.82, 2.24) is 15.1 Å². The van der Waals surface area contributed by atoms with Gasteiger partial charge in [0.25, 0.3) is 5.91 Å². The van der Waals surface area contributed by atoms with Gasteiger partial charge in [0.15, 0.2) is 0 Å². The molecule has 2 N–H and O–H groups in total. The molecule has 5 aromatic rings. The molecule has 200 valence electrons. The largest absolute Gasteiger partial charge is 0.481 e. The molecule has 0 radical (unpaired) electrons. The fourth-order valence-corrected chi connectivity index (χ4v) is 5.53. The number of hydrogen-bond donors (Lipinski definition) is 2. The number of carboxylic acids is 1. The van der Waals surface area contributed by atoms with E-state index in [0.717, 1.165) is 21.2 Å². The molecule has 0 aliphatic carbocycles. The van der Waals surface area contributed by atoms with Crippen molar-refractivity contribution in [3.63, 3.8) is 0 Å². The van der Waals surface area contributed by atoms with Gasteiger partial charge in [-0.3, -0.25) is 14.3 Å². The molecule has 0 aliphatic rings. The van der Waals surface area contributed by atoms with Gasteiger partial charge in [0.05, 0.1) is 18.0 Å². The maximum atomic E-state index is 13.2. The van der Waals surface area contributed by atoms with E-state index in [-0.39, 0.29) is 24.9 Å². The normalized spacial score (nSPS) is 12.6. The summed E-state index contributed by atoms with van der Waals surface area (Å²) in [5.74, 6) is -1.48. The standard InChI is InChI=1S/C29H24F3N3O3S/c30-29(31,32)13-11-24(18-5-7-19(8-6-18)28(38)33-14-12-27(36)37)35-17-22-15-21(9-10-23(22)34-35)26-16-20-3-1-2-4-25(20)39-26/h1-10,15-17,24H,11-14H2,(H,33,38)(H,36,37). The Labute approximate surface area is 225 Å². The van der Waals surface area contributed by atoms with Gasteiger partial charge in [0.2, 0.25) is 0 Å². The molecule has 39 heavy (non-hydrogen) atoms. The second kappa shape index (κ2) is 10.9. The van der Waals surface area contributed by atoms with E-state index in [1.54, 1.807) is 34.3 Å². The van der Waals surface area contributed by atoms with Gasteiger partial charge in [-0.2, -0.15) is 18.3 Å². The topological polar surface area (TPSA) is 84.2 Å². The molecule has 5 rings (SSSR count). The third kappa shape index (κ3) is 6.28. The number of aromatic nitrogens is 2. The second-order valence-electron chi connectivity index (χ2n) is 9.22. The quantitative estimate of drug-likeness (QED) is 0.206. The lowest BCUT2D eigenvalue weighted by Gasteiger charge is -2.19. The highest BCUT2D eigenvalue weighted by molar-refractivity contribution is 7.22. The molecule has 10 heteroatoms. The summed E-state index contributed by atoms with van der Waals surface area (Å²) in [4.78, 5) is 24.0. The van der Waals surface area contributed by atoms with E-state index in [2.05, 4.69) is 28.6 Å². The number of halogens is 3. The molecule has 0 bridgehead atoms. The first-order chi connectivity index (χ1) is 18.7. The van der Waals surface area contributed by atoms with Crippen molar-refractivity contribution >= 4 is 44.2 Å². The maximum Gasteiger partial charge on any atom is 0.389 e. The first kappa shape index (κ1) is 26.4. The predicted molar refractivity (Wildman–Crippen MR) is 145 cm³/mol. The lowest BCUT2D eigenvalue weighted by Crippen LogP contribution is -2.26. The van der Waals surface area contributed by atoms with Gasteiger partial charge in [0.1, 0.15) is 0 Å². The van der Waals surface area contributed by atoms with Crippen LogP contribution in [0.15, 0.2) is 79.0 Å². The zero-order chi connectivity index (χ0) is 27.6. The Morgan fingerprint density at radius 1 is 1.00 bits per heavy atom. The number of rotatable bonds is 9. The van der Waals surface area contributed by atoms with Crippen molar-refractivity contribution < 1.29 is 27.9 Å².